The summed E-state index contributed by atoms with van der Waals surface area (Å²) in [6.45, 7) is 5.48. The fourth-order valence-corrected chi connectivity index (χ4v) is 4.32. The molecule has 2 N–H and O–H groups in total. The zero-order valence-corrected chi connectivity index (χ0v) is 17.7. The number of carboxylic acids is 1. The molecule has 0 amide bonds. The third-order valence-electron chi connectivity index (χ3n) is 4.46. The molecule has 0 saturated heterocycles. The van der Waals surface area contributed by atoms with Crippen molar-refractivity contribution in [2.24, 2.45) is 0 Å². The zero-order valence-electron chi connectivity index (χ0n) is 16.8. The van der Waals surface area contributed by atoms with Crippen LogP contribution in [0.1, 0.15) is 28.7 Å². The van der Waals surface area contributed by atoms with Crippen molar-refractivity contribution in [3.63, 3.8) is 0 Å². The molecule has 0 aromatic heterocycles. The molecule has 0 spiro atoms. The van der Waals surface area contributed by atoms with Gasteiger partial charge in [0.05, 0.1) is 18.7 Å². The summed E-state index contributed by atoms with van der Waals surface area (Å²) < 4.78 is 31.6. The summed E-state index contributed by atoms with van der Waals surface area (Å²) >= 11 is 0. The Morgan fingerprint density at radius 1 is 1.21 bits per heavy atom. The van der Waals surface area contributed by atoms with Crippen molar-refractivity contribution in [2.75, 3.05) is 13.3 Å². The van der Waals surface area contributed by atoms with E-state index < -0.39 is 25.9 Å². The van der Waals surface area contributed by atoms with E-state index in [0.29, 0.717) is 11.1 Å². The van der Waals surface area contributed by atoms with Gasteiger partial charge in [-0.3, -0.25) is 9.36 Å². The molecule has 154 valence electrons. The second-order valence-electron chi connectivity index (χ2n) is 7.00. The van der Waals surface area contributed by atoms with Crippen LogP contribution >= 0.6 is 7.37 Å². The highest BCUT2D eigenvalue weighted by Crippen LogP contribution is 2.46. The van der Waals surface area contributed by atoms with Crippen molar-refractivity contribution in [1.82, 2.24) is 0 Å². The smallest absolute Gasteiger partial charge is 0.305 e. The lowest BCUT2D eigenvalue weighted by molar-refractivity contribution is -0.138. The SMILES string of the molecule is COP(=O)(C#Cc1c(C)cc(C)cc1-c1ccc(F)c(C)c1)C[C@@H](O)CC(=O)O. The van der Waals surface area contributed by atoms with Crippen LogP contribution < -0.4 is 0 Å². The molecule has 2 aromatic rings. The Bertz CT molecular complexity index is 1040. The summed E-state index contributed by atoms with van der Waals surface area (Å²) in [4.78, 5) is 10.7. The maximum atomic E-state index is 13.7. The highest BCUT2D eigenvalue weighted by Gasteiger charge is 2.25. The van der Waals surface area contributed by atoms with Crippen LogP contribution in [0, 0.1) is 38.2 Å². The molecule has 0 aliphatic heterocycles. The summed E-state index contributed by atoms with van der Waals surface area (Å²) in [6, 6.07) is 8.62. The van der Waals surface area contributed by atoms with Gasteiger partial charge in [0.2, 0.25) is 0 Å². The van der Waals surface area contributed by atoms with Crippen molar-refractivity contribution in [2.45, 2.75) is 33.3 Å². The van der Waals surface area contributed by atoms with Crippen molar-refractivity contribution in [1.29, 1.82) is 0 Å². The minimum absolute atomic E-state index is 0.304. The number of carboxylic acid groups (broad SMARTS) is 1. The lowest BCUT2D eigenvalue weighted by Crippen LogP contribution is -2.17. The Labute approximate surface area is 170 Å². The van der Waals surface area contributed by atoms with Crippen LogP contribution in [0.4, 0.5) is 4.39 Å². The van der Waals surface area contributed by atoms with Crippen LogP contribution in [-0.2, 0) is 13.9 Å². The molecule has 5 nitrogen and oxygen atoms in total. The number of aryl methyl sites for hydroxylation is 3. The van der Waals surface area contributed by atoms with Crippen LogP contribution in [0.2, 0.25) is 0 Å². The van der Waals surface area contributed by atoms with E-state index in [0.717, 1.165) is 22.3 Å². The summed E-state index contributed by atoms with van der Waals surface area (Å²) in [5.74, 6) is 1.40. The first kappa shape index (κ1) is 22.8. The van der Waals surface area contributed by atoms with Crippen LogP contribution in [0.5, 0.6) is 0 Å². The second kappa shape index (κ2) is 9.37. The number of hydrogen-bond acceptors (Lipinski definition) is 4. The first-order valence-electron chi connectivity index (χ1n) is 9.00. The largest absolute Gasteiger partial charge is 0.481 e. The van der Waals surface area contributed by atoms with E-state index in [9.17, 15) is 18.9 Å². The molecule has 7 heteroatoms. The first-order valence-corrected chi connectivity index (χ1v) is 10.8. The highest BCUT2D eigenvalue weighted by atomic mass is 31.2. The van der Waals surface area contributed by atoms with Crippen molar-refractivity contribution in [3.05, 3.63) is 58.4 Å². The molecule has 0 heterocycles. The first-order chi connectivity index (χ1) is 13.5. The Balaban J connectivity index is 2.51. The summed E-state index contributed by atoms with van der Waals surface area (Å²) in [7, 11) is -2.36. The van der Waals surface area contributed by atoms with Gasteiger partial charge >= 0.3 is 5.97 Å². The molecule has 0 saturated carbocycles. The predicted octanol–water partition coefficient (Wildman–Crippen LogP) is 4.49. The summed E-state index contributed by atoms with van der Waals surface area (Å²) in [5.41, 5.74) is 7.13. The molecule has 29 heavy (non-hydrogen) atoms. The zero-order chi connectivity index (χ0) is 21.8. The summed E-state index contributed by atoms with van der Waals surface area (Å²) in [6.07, 6.45) is -2.25. The van der Waals surface area contributed by atoms with Gasteiger partial charge in [0.1, 0.15) is 5.82 Å². The van der Waals surface area contributed by atoms with Gasteiger partial charge in [-0.05, 0) is 60.8 Å². The average Bonchev–Trinajstić information content (AvgIpc) is 2.62. The van der Waals surface area contributed by atoms with E-state index in [4.69, 9.17) is 9.63 Å². The molecule has 2 atom stereocenters. The van der Waals surface area contributed by atoms with Crippen LogP contribution in [-0.4, -0.2) is 35.6 Å². The monoisotopic (exact) mass is 418 g/mol. The standard InChI is InChI=1S/C22H24FO5P/c1-14-9-15(2)19(20(10-14)17-5-6-21(23)16(3)11-17)7-8-29(27,28-4)13-18(24)12-22(25)26/h5-6,9-11,18,24H,12-13H2,1-4H3,(H,25,26)/t18-,29?/m0/s1. The number of rotatable bonds is 6. The maximum absolute atomic E-state index is 13.7. The third-order valence-corrected chi connectivity index (χ3v) is 6.40. The number of aliphatic carboxylic acids is 1. The Morgan fingerprint density at radius 3 is 2.48 bits per heavy atom. The average molecular weight is 418 g/mol. The van der Waals surface area contributed by atoms with Crippen molar-refractivity contribution < 1.29 is 28.5 Å². The normalized spacial score (nSPS) is 13.9. The Kier molecular flexibility index (Phi) is 7.37. The van der Waals surface area contributed by atoms with Gasteiger partial charge in [0.25, 0.3) is 7.37 Å². The number of aliphatic hydroxyl groups excluding tert-OH is 1. The fraction of sp³-hybridized carbons (Fsp3) is 0.318. The number of benzene rings is 2. The molecular weight excluding hydrogens is 394 g/mol. The van der Waals surface area contributed by atoms with E-state index in [1.54, 1.807) is 19.1 Å². The van der Waals surface area contributed by atoms with E-state index >= 15 is 0 Å². The number of hydrogen-bond donors (Lipinski definition) is 2. The van der Waals surface area contributed by atoms with Gasteiger partial charge in [-0.1, -0.05) is 29.7 Å². The second-order valence-corrected chi connectivity index (χ2v) is 9.30. The minimum atomic E-state index is -3.57. The van der Waals surface area contributed by atoms with Crippen LogP contribution in [0.3, 0.4) is 0 Å². The number of halogens is 1. The molecule has 2 rings (SSSR count). The van der Waals surface area contributed by atoms with E-state index in [2.05, 4.69) is 11.6 Å². The molecule has 0 fully saturated rings. The lowest BCUT2D eigenvalue weighted by atomic mass is 9.93. The van der Waals surface area contributed by atoms with Crippen molar-refractivity contribution in [3.8, 4) is 22.7 Å². The van der Waals surface area contributed by atoms with E-state index in [1.165, 1.54) is 13.2 Å². The fourth-order valence-electron chi connectivity index (χ4n) is 3.02. The predicted molar refractivity (Wildman–Crippen MR) is 111 cm³/mol. The highest BCUT2D eigenvalue weighted by molar-refractivity contribution is 7.64. The Morgan fingerprint density at radius 2 is 1.90 bits per heavy atom. The topological polar surface area (TPSA) is 83.8 Å². The molecule has 0 radical (unpaired) electrons. The van der Waals surface area contributed by atoms with E-state index in [1.807, 2.05) is 26.0 Å². The van der Waals surface area contributed by atoms with Gasteiger partial charge < -0.3 is 14.7 Å². The van der Waals surface area contributed by atoms with Crippen LogP contribution in [0.25, 0.3) is 11.1 Å². The molecule has 1 unspecified atom stereocenters. The lowest BCUT2D eigenvalue weighted by Gasteiger charge is -2.14. The third kappa shape index (κ3) is 6.01. The van der Waals surface area contributed by atoms with Gasteiger partial charge in [0, 0.05) is 12.7 Å². The van der Waals surface area contributed by atoms with Gasteiger partial charge in [-0.25, -0.2) is 4.39 Å². The molecule has 0 aliphatic rings. The molecule has 0 aliphatic carbocycles. The van der Waals surface area contributed by atoms with Gasteiger partial charge in [-0.15, -0.1) is 0 Å². The maximum Gasteiger partial charge on any atom is 0.305 e. The summed E-state index contributed by atoms with van der Waals surface area (Å²) in [5, 5.41) is 18.6. The minimum Gasteiger partial charge on any atom is -0.481 e. The van der Waals surface area contributed by atoms with Crippen LogP contribution in [0.15, 0.2) is 30.3 Å². The van der Waals surface area contributed by atoms with E-state index in [-0.39, 0.29) is 12.0 Å². The van der Waals surface area contributed by atoms with Gasteiger partial charge in [-0.2, -0.15) is 0 Å². The van der Waals surface area contributed by atoms with Crippen molar-refractivity contribution >= 4 is 13.3 Å². The molecular formula is C22H24FO5P. The quantitative estimate of drug-likeness (QED) is 0.534. The Hall–Kier alpha value is -2.45. The number of aliphatic hydroxyl groups is 1. The molecule has 2 aromatic carbocycles. The number of carbonyl (C=O) groups is 1. The van der Waals surface area contributed by atoms with Gasteiger partial charge in [0.15, 0.2) is 0 Å². The molecule has 0 bridgehead atoms.